The quantitative estimate of drug-likeness (QED) is 0.546. The molecule has 0 saturated heterocycles. The highest BCUT2D eigenvalue weighted by Crippen LogP contribution is 2.12. The largest absolute Gasteiger partial charge is 0.374 e. The Balaban J connectivity index is 3.23. The van der Waals surface area contributed by atoms with Crippen molar-refractivity contribution in [3.8, 4) is 0 Å². The summed E-state index contributed by atoms with van der Waals surface area (Å²) in [6.45, 7) is 9.20. The molecule has 0 heterocycles. The number of ether oxygens (including phenoxy) is 1. The van der Waals surface area contributed by atoms with E-state index < -0.39 is 0 Å². The van der Waals surface area contributed by atoms with E-state index in [1.807, 2.05) is 0 Å². The van der Waals surface area contributed by atoms with Crippen molar-refractivity contribution in [3.63, 3.8) is 0 Å². The van der Waals surface area contributed by atoms with Crippen LogP contribution in [0.15, 0.2) is 0 Å². The van der Waals surface area contributed by atoms with Crippen molar-refractivity contribution in [2.24, 2.45) is 5.73 Å². The molecular weight excluding hydrogens is 222 g/mol. The van der Waals surface area contributed by atoms with E-state index in [0.29, 0.717) is 6.61 Å². The summed E-state index contributed by atoms with van der Waals surface area (Å²) in [6.07, 6.45) is 12.0. The van der Waals surface area contributed by atoms with E-state index in [1.165, 1.54) is 51.4 Å². The lowest BCUT2D eigenvalue weighted by molar-refractivity contribution is -0.0110. The smallest absolute Gasteiger partial charge is 0.0624 e. The van der Waals surface area contributed by atoms with Gasteiger partial charge in [0.05, 0.1) is 12.2 Å². The number of hydrogen-bond donors (Lipinski definition) is 1. The summed E-state index contributed by atoms with van der Waals surface area (Å²) >= 11 is 0. The van der Waals surface area contributed by atoms with Gasteiger partial charge in [-0.05, 0) is 27.2 Å². The van der Waals surface area contributed by atoms with Gasteiger partial charge in [0.15, 0.2) is 0 Å². The fourth-order valence-electron chi connectivity index (χ4n) is 1.98. The van der Waals surface area contributed by atoms with Gasteiger partial charge < -0.3 is 10.5 Å². The van der Waals surface area contributed by atoms with E-state index >= 15 is 0 Å². The molecule has 0 rings (SSSR count). The molecule has 0 aliphatic rings. The van der Waals surface area contributed by atoms with Gasteiger partial charge in [-0.15, -0.1) is 0 Å². The summed E-state index contributed by atoms with van der Waals surface area (Å²) in [5.74, 6) is 0. The molecule has 0 amide bonds. The molecule has 110 valence electrons. The second-order valence-electron chi connectivity index (χ2n) is 6.45. The van der Waals surface area contributed by atoms with Crippen molar-refractivity contribution in [3.05, 3.63) is 0 Å². The lowest BCUT2D eigenvalue weighted by Gasteiger charge is -2.22. The van der Waals surface area contributed by atoms with Crippen LogP contribution in [0.2, 0.25) is 0 Å². The standard InChI is InChI=1S/C16H35NO/c1-5-6-7-8-9-10-11-12-13-15(17)14-18-16(2,3)4/h15H,5-14,17H2,1-4H3. The zero-order valence-electron chi connectivity index (χ0n) is 13.1. The molecule has 0 bridgehead atoms. The summed E-state index contributed by atoms with van der Waals surface area (Å²) in [7, 11) is 0. The molecule has 2 N–H and O–H groups in total. The third-order valence-corrected chi connectivity index (χ3v) is 3.16. The molecule has 0 spiro atoms. The van der Waals surface area contributed by atoms with Crippen LogP contribution in [0.3, 0.4) is 0 Å². The highest BCUT2D eigenvalue weighted by molar-refractivity contribution is 4.65. The third kappa shape index (κ3) is 14.0. The molecule has 2 nitrogen and oxygen atoms in total. The normalized spacial score (nSPS) is 13.8. The minimum Gasteiger partial charge on any atom is -0.374 e. The van der Waals surface area contributed by atoms with Crippen LogP contribution >= 0.6 is 0 Å². The Hall–Kier alpha value is -0.0800. The molecule has 0 aliphatic carbocycles. The lowest BCUT2D eigenvalue weighted by atomic mass is 10.1. The first-order valence-electron chi connectivity index (χ1n) is 7.85. The second-order valence-corrected chi connectivity index (χ2v) is 6.45. The SMILES string of the molecule is CCCCCCCCCCC(N)COC(C)(C)C. The molecule has 0 aromatic carbocycles. The van der Waals surface area contributed by atoms with Crippen LogP contribution < -0.4 is 5.73 Å². The second kappa shape index (κ2) is 10.8. The first-order chi connectivity index (χ1) is 8.45. The zero-order valence-corrected chi connectivity index (χ0v) is 13.1. The Kier molecular flexibility index (Phi) is 10.8. The molecule has 0 aromatic rings. The first kappa shape index (κ1) is 17.9. The molecule has 1 atom stereocenters. The number of rotatable bonds is 11. The van der Waals surface area contributed by atoms with Gasteiger partial charge in [-0.1, -0.05) is 58.3 Å². The minimum absolute atomic E-state index is 0.0586. The first-order valence-corrected chi connectivity index (χ1v) is 7.85. The van der Waals surface area contributed by atoms with Crippen LogP contribution in [0.5, 0.6) is 0 Å². The Morgan fingerprint density at radius 2 is 1.39 bits per heavy atom. The van der Waals surface area contributed by atoms with Crippen molar-refractivity contribution in [2.75, 3.05) is 6.61 Å². The molecular formula is C16H35NO. The molecule has 2 heteroatoms. The maximum Gasteiger partial charge on any atom is 0.0624 e. The topological polar surface area (TPSA) is 35.2 Å². The van der Waals surface area contributed by atoms with Crippen LogP contribution in [0, 0.1) is 0 Å². The highest BCUT2D eigenvalue weighted by atomic mass is 16.5. The van der Waals surface area contributed by atoms with Crippen LogP contribution in [0.1, 0.15) is 85.5 Å². The Morgan fingerprint density at radius 3 is 1.89 bits per heavy atom. The highest BCUT2D eigenvalue weighted by Gasteiger charge is 2.12. The van der Waals surface area contributed by atoms with Crippen LogP contribution in [0.4, 0.5) is 0 Å². The summed E-state index contributed by atoms with van der Waals surface area (Å²) < 4.78 is 5.69. The minimum atomic E-state index is -0.0586. The van der Waals surface area contributed by atoms with Crippen molar-refractivity contribution in [2.45, 2.75) is 97.1 Å². The summed E-state index contributed by atoms with van der Waals surface area (Å²) in [5.41, 5.74) is 5.98. The van der Waals surface area contributed by atoms with Gasteiger partial charge in [-0.25, -0.2) is 0 Å². The van der Waals surface area contributed by atoms with Gasteiger partial charge >= 0.3 is 0 Å². The maximum atomic E-state index is 6.04. The van der Waals surface area contributed by atoms with E-state index in [0.717, 1.165) is 6.42 Å². The van der Waals surface area contributed by atoms with E-state index in [-0.39, 0.29) is 11.6 Å². The Bertz CT molecular complexity index is 174. The summed E-state index contributed by atoms with van der Waals surface area (Å²) in [5, 5.41) is 0. The predicted molar refractivity (Wildman–Crippen MR) is 80.9 cm³/mol. The van der Waals surface area contributed by atoms with Gasteiger partial charge in [-0.3, -0.25) is 0 Å². The number of unbranched alkanes of at least 4 members (excludes halogenated alkanes) is 7. The average molecular weight is 257 g/mol. The van der Waals surface area contributed by atoms with Gasteiger partial charge in [0.2, 0.25) is 0 Å². The summed E-state index contributed by atoms with van der Waals surface area (Å²) in [6, 6.07) is 0.212. The van der Waals surface area contributed by atoms with Crippen molar-refractivity contribution < 1.29 is 4.74 Å². The van der Waals surface area contributed by atoms with Crippen molar-refractivity contribution in [1.82, 2.24) is 0 Å². The Morgan fingerprint density at radius 1 is 0.889 bits per heavy atom. The van der Waals surface area contributed by atoms with Crippen LogP contribution in [-0.2, 0) is 4.74 Å². The fraction of sp³-hybridized carbons (Fsp3) is 1.00. The molecule has 0 radical (unpaired) electrons. The number of hydrogen-bond acceptors (Lipinski definition) is 2. The predicted octanol–water partition coefficient (Wildman–Crippen LogP) is 4.66. The van der Waals surface area contributed by atoms with Gasteiger partial charge in [0, 0.05) is 6.04 Å². The fourth-order valence-corrected chi connectivity index (χ4v) is 1.98. The molecule has 0 aromatic heterocycles. The van der Waals surface area contributed by atoms with E-state index in [4.69, 9.17) is 10.5 Å². The number of nitrogens with two attached hydrogens (primary N) is 1. The molecule has 1 unspecified atom stereocenters. The molecule has 0 aliphatic heterocycles. The van der Waals surface area contributed by atoms with Crippen LogP contribution in [0.25, 0.3) is 0 Å². The molecule has 0 saturated carbocycles. The molecule has 0 fully saturated rings. The average Bonchev–Trinajstić information content (AvgIpc) is 2.29. The third-order valence-electron chi connectivity index (χ3n) is 3.16. The van der Waals surface area contributed by atoms with Gasteiger partial charge in [-0.2, -0.15) is 0 Å². The van der Waals surface area contributed by atoms with E-state index in [1.54, 1.807) is 0 Å². The summed E-state index contributed by atoms with van der Waals surface area (Å²) in [4.78, 5) is 0. The monoisotopic (exact) mass is 257 g/mol. The van der Waals surface area contributed by atoms with Crippen molar-refractivity contribution in [1.29, 1.82) is 0 Å². The van der Waals surface area contributed by atoms with Crippen LogP contribution in [-0.4, -0.2) is 18.2 Å². The lowest BCUT2D eigenvalue weighted by Crippen LogP contribution is -2.31. The van der Waals surface area contributed by atoms with Gasteiger partial charge in [0.25, 0.3) is 0 Å². The van der Waals surface area contributed by atoms with E-state index in [2.05, 4.69) is 27.7 Å². The zero-order chi connectivity index (χ0) is 13.9. The Labute approximate surface area is 115 Å². The van der Waals surface area contributed by atoms with Gasteiger partial charge in [0.1, 0.15) is 0 Å². The maximum absolute atomic E-state index is 6.04. The van der Waals surface area contributed by atoms with E-state index in [9.17, 15) is 0 Å². The van der Waals surface area contributed by atoms with Crippen molar-refractivity contribution >= 4 is 0 Å². The molecule has 18 heavy (non-hydrogen) atoms.